The van der Waals surface area contributed by atoms with Crippen molar-refractivity contribution in [2.45, 2.75) is 13.8 Å². The van der Waals surface area contributed by atoms with Gasteiger partial charge in [0.05, 0.1) is 24.7 Å². The number of benzene rings is 5. The Labute approximate surface area is 263 Å². The molecule has 5 heteroatoms. The monoisotopic (exact) mass is 585 g/mol. The Morgan fingerprint density at radius 1 is 0.667 bits per heavy atom. The molecule has 10 rings (SSSR count). The lowest BCUT2D eigenvalue weighted by atomic mass is 10.0. The fourth-order valence-electron chi connectivity index (χ4n) is 7.51. The van der Waals surface area contributed by atoms with E-state index in [2.05, 4.69) is 141 Å². The molecule has 1 fully saturated rings. The molecule has 2 atom stereocenters. The summed E-state index contributed by atoms with van der Waals surface area (Å²) in [4.78, 5) is 4.70. The van der Waals surface area contributed by atoms with Crippen LogP contribution in [0.5, 0.6) is 11.5 Å². The molecule has 1 saturated heterocycles. The van der Waals surface area contributed by atoms with Crippen molar-refractivity contribution in [1.82, 2.24) is 18.5 Å². The van der Waals surface area contributed by atoms with E-state index in [1.807, 2.05) is 18.3 Å². The maximum atomic E-state index is 6.79. The molecule has 0 spiro atoms. The zero-order chi connectivity index (χ0) is 30.3. The van der Waals surface area contributed by atoms with Gasteiger partial charge in [-0.1, -0.05) is 54.6 Å². The van der Waals surface area contributed by atoms with Crippen LogP contribution in [0, 0.1) is 20.5 Å². The van der Waals surface area contributed by atoms with Gasteiger partial charge in [-0.15, -0.1) is 0 Å². The Morgan fingerprint density at radius 3 is 2.20 bits per heavy atom. The number of para-hydroxylation sites is 1. The normalized spacial score (nSPS) is 19.9. The summed E-state index contributed by atoms with van der Waals surface area (Å²) in [5.74, 6) is 2.50. The van der Waals surface area contributed by atoms with Gasteiger partial charge in [-0.3, -0.25) is 9.05 Å². The summed E-state index contributed by atoms with van der Waals surface area (Å²) in [6.45, 7) is 7.85. The van der Waals surface area contributed by atoms with Crippen LogP contribution in [0.4, 0.5) is 17.1 Å². The maximum absolute atomic E-state index is 6.79. The van der Waals surface area contributed by atoms with Crippen molar-refractivity contribution < 1.29 is 4.74 Å². The van der Waals surface area contributed by atoms with Crippen LogP contribution in [0.3, 0.4) is 0 Å². The number of aromatic nitrogens is 2. The molecular formula is C40H33N4O+. The van der Waals surface area contributed by atoms with E-state index in [1.54, 1.807) is 0 Å². The largest absolute Gasteiger partial charge is 0.457 e. The van der Waals surface area contributed by atoms with Gasteiger partial charge in [-0.2, -0.15) is 0 Å². The first-order chi connectivity index (χ1) is 21.9. The Bertz CT molecular complexity index is 2280. The van der Waals surface area contributed by atoms with Crippen molar-refractivity contribution in [2.75, 3.05) is 13.7 Å². The first-order valence-corrected chi connectivity index (χ1v) is 15.5. The second kappa shape index (κ2) is 9.38. The Morgan fingerprint density at radius 2 is 1.40 bits per heavy atom. The SMILES string of the molecule is Cc1cc2c(cc1C)[N@@+]1(C)[CH-][N@+]2(c2cc(Oc3ccc4c5ccccc5n(-c5ccccn5)c4c3)cc(-c3ccccc3)c2)C1. The Hall–Kier alpha value is -5.23. The third kappa shape index (κ3) is 3.84. The van der Waals surface area contributed by atoms with E-state index in [1.165, 1.54) is 44.5 Å². The van der Waals surface area contributed by atoms with Crippen LogP contribution < -0.4 is 13.7 Å². The smallest absolute Gasteiger partial charge is 0.181 e. The average molecular weight is 586 g/mol. The number of hydrogen-bond donors (Lipinski definition) is 0. The van der Waals surface area contributed by atoms with Gasteiger partial charge in [0.1, 0.15) is 23.0 Å². The number of pyridine rings is 1. The summed E-state index contributed by atoms with van der Waals surface area (Å²) in [5, 5.41) is 2.37. The van der Waals surface area contributed by atoms with E-state index in [4.69, 9.17) is 9.72 Å². The van der Waals surface area contributed by atoms with Gasteiger partial charge in [0.2, 0.25) is 0 Å². The van der Waals surface area contributed by atoms with Gasteiger partial charge in [0.15, 0.2) is 18.0 Å². The molecule has 0 radical (unpaired) electrons. The highest BCUT2D eigenvalue weighted by Crippen LogP contribution is 2.61. The quantitative estimate of drug-likeness (QED) is 0.148. The molecule has 3 aliphatic rings. The van der Waals surface area contributed by atoms with Crippen molar-refractivity contribution in [3.05, 3.63) is 145 Å². The van der Waals surface area contributed by atoms with E-state index in [9.17, 15) is 0 Å². The number of ether oxygens (including phenoxy) is 1. The van der Waals surface area contributed by atoms with E-state index < -0.39 is 0 Å². The second-order valence-corrected chi connectivity index (χ2v) is 12.7. The molecule has 0 aliphatic carbocycles. The summed E-state index contributed by atoms with van der Waals surface area (Å²) in [6.07, 6.45) is 1.84. The molecule has 218 valence electrons. The van der Waals surface area contributed by atoms with Crippen molar-refractivity contribution in [2.24, 2.45) is 0 Å². The number of rotatable bonds is 5. The van der Waals surface area contributed by atoms with Crippen molar-refractivity contribution in [1.29, 1.82) is 0 Å². The van der Waals surface area contributed by atoms with Crippen LogP contribution in [0.1, 0.15) is 11.1 Å². The molecule has 7 aromatic rings. The zero-order valence-corrected chi connectivity index (χ0v) is 25.6. The van der Waals surface area contributed by atoms with Crippen LogP contribution in [0.2, 0.25) is 0 Å². The van der Waals surface area contributed by atoms with Gasteiger partial charge >= 0.3 is 0 Å². The average Bonchev–Trinajstić information content (AvgIpc) is 3.60. The summed E-state index contributed by atoms with van der Waals surface area (Å²) in [7, 11) is 2.31. The lowest BCUT2D eigenvalue weighted by Gasteiger charge is -2.54. The number of fused-ring (bicyclic) bond motifs is 3. The lowest BCUT2D eigenvalue weighted by molar-refractivity contribution is 0.157. The highest BCUT2D eigenvalue weighted by atomic mass is 16.5. The third-order valence-electron chi connectivity index (χ3n) is 9.76. The zero-order valence-electron chi connectivity index (χ0n) is 25.6. The van der Waals surface area contributed by atoms with E-state index in [-0.39, 0.29) is 0 Å². The van der Waals surface area contributed by atoms with Crippen molar-refractivity contribution in [3.63, 3.8) is 0 Å². The molecule has 45 heavy (non-hydrogen) atoms. The molecule has 5 aromatic carbocycles. The number of nitrogens with zero attached hydrogens (tertiary/aromatic N) is 4. The van der Waals surface area contributed by atoms with Crippen molar-refractivity contribution >= 4 is 38.9 Å². The number of aryl methyl sites for hydroxylation is 2. The standard InChI is InChI=1S/C40H33N4O/c1-27-19-38-39(20-28(27)2)44(25-43(38,3)26-44)31-21-30(29-11-5-4-6-12-29)22-33(23-31)45-32-16-17-35-34-13-7-8-14-36(34)42(37(35)24-32)40-15-9-10-18-41-40/h4-25H,26H2,1-3H3/q+1/t43-,44+/m0/s1. The summed E-state index contributed by atoms with van der Waals surface area (Å²) < 4.78 is 10.6. The van der Waals surface area contributed by atoms with Crippen LogP contribution in [-0.2, 0) is 0 Å². The minimum absolute atomic E-state index is 0.719. The molecule has 0 unspecified atom stereocenters. The minimum Gasteiger partial charge on any atom is -0.457 e. The highest BCUT2D eigenvalue weighted by Gasteiger charge is 2.59. The number of quaternary nitrogens is 2. The molecule has 2 aromatic heterocycles. The molecule has 0 saturated carbocycles. The predicted molar refractivity (Wildman–Crippen MR) is 185 cm³/mol. The molecule has 0 N–H and O–H groups in total. The molecule has 5 nitrogen and oxygen atoms in total. The van der Waals surface area contributed by atoms with Gasteiger partial charge in [0, 0.05) is 47.3 Å². The lowest BCUT2D eigenvalue weighted by Crippen LogP contribution is -2.68. The van der Waals surface area contributed by atoms with Crippen molar-refractivity contribution in [3.8, 4) is 28.4 Å². The molecule has 2 bridgehead atoms. The molecule has 0 amide bonds. The fourth-order valence-corrected chi connectivity index (χ4v) is 7.51. The van der Waals surface area contributed by atoms with Gasteiger partial charge in [-0.05, 0) is 72.5 Å². The Balaban J connectivity index is 1.20. The first-order valence-electron chi connectivity index (χ1n) is 15.5. The van der Waals surface area contributed by atoms with Gasteiger partial charge < -0.3 is 9.22 Å². The van der Waals surface area contributed by atoms with Gasteiger partial charge in [0.25, 0.3) is 0 Å². The third-order valence-corrected chi connectivity index (χ3v) is 9.76. The molecule has 5 heterocycles. The second-order valence-electron chi connectivity index (χ2n) is 12.7. The van der Waals surface area contributed by atoms with Gasteiger partial charge in [-0.25, -0.2) is 4.98 Å². The fraction of sp³-hybridized carbons (Fsp3) is 0.100. The summed E-state index contributed by atoms with van der Waals surface area (Å²) in [5.41, 5.74) is 11.1. The molecular weight excluding hydrogens is 552 g/mol. The topological polar surface area (TPSA) is 27.1 Å². The van der Waals surface area contributed by atoms with Crippen LogP contribution >= 0.6 is 0 Å². The van der Waals surface area contributed by atoms with E-state index >= 15 is 0 Å². The minimum atomic E-state index is 0.719. The Kier molecular flexibility index (Phi) is 5.46. The van der Waals surface area contributed by atoms with Crippen LogP contribution in [0.15, 0.2) is 128 Å². The summed E-state index contributed by atoms with van der Waals surface area (Å²) in [6, 6.07) is 43.0. The van der Waals surface area contributed by atoms with Crippen LogP contribution in [-0.4, -0.2) is 23.3 Å². The van der Waals surface area contributed by atoms with E-state index in [0.717, 1.165) is 49.5 Å². The highest BCUT2D eigenvalue weighted by molar-refractivity contribution is 6.09. The maximum Gasteiger partial charge on any atom is 0.181 e. The molecule has 3 aliphatic heterocycles. The first kappa shape index (κ1) is 26.2. The summed E-state index contributed by atoms with van der Waals surface area (Å²) >= 11 is 0. The van der Waals surface area contributed by atoms with Crippen LogP contribution in [0.25, 0.3) is 38.8 Å². The predicted octanol–water partition coefficient (Wildman–Crippen LogP) is 9.93. The number of hydrogen-bond acceptors (Lipinski definition) is 2. The van der Waals surface area contributed by atoms with E-state index in [0.29, 0.717) is 0 Å².